The van der Waals surface area contributed by atoms with E-state index in [4.69, 9.17) is 4.74 Å². The number of carboxylic acid groups (broad SMARTS) is 1. The summed E-state index contributed by atoms with van der Waals surface area (Å²) in [6, 6.07) is 2.70. The molecule has 28 heavy (non-hydrogen) atoms. The predicted octanol–water partition coefficient (Wildman–Crippen LogP) is -2.03. The molecule has 4 rings (SSSR count). The topological polar surface area (TPSA) is 183 Å². The summed E-state index contributed by atoms with van der Waals surface area (Å²) in [4.78, 5) is 27.5. The molecule has 3 aliphatic rings. The van der Waals surface area contributed by atoms with Crippen molar-refractivity contribution in [1.82, 2.24) is 19.4 Å². The molecule has 1 saturated heterocycles. The van der Waals surface area contributed by atoms with Crippen LogP contribution in [0.3, 0.4) is 0 Å². The second-order valence-corrected chi connectivity index (χ2v) is 6.14. The van der Waals surface area contributed by atoms with E-state index in [1.54, 1.807) is 0 Å². The SMILES string of the molecule is O=C(O)c1ccc2c(O)nc3/c(=N/C4O[C@H](CO)[C@@H](O)[C@H]4O)ncnc-3n2c1. The minimum atomic E-state index is -1.40. The molecule has 146 valence electrons. The van der Waals surface area contributed by atoms with E-state index in [2.05, 4.69) is 19.9 Å². The Hall–Kier alpha value is -3.19. The van der Waals surface area contributed by atoms with E-state index in [0.717, 1.165) is 6.33 Å². The zero-order chi connectivity index (χ0) is 20.0. The van der Waals surface area contributed by atoms with Crippen molar-refractivity contribution in [3.8, 4) is 17.4 Å². The highest BCUT2D eigenvalue weighted by molar-refractivity contribution is 5.88. The number of hydrogen-bond donors (Lipinski definition) is 5. The van der Waals surface area contributed by atoms with Crippen LogP contribution in [0.5, 0.6) is 5.88 Å². The van der Waals surface area contributed by atoms with Crippen LogP contribution in [-0.2, 0) is 4.74 Å². The average Bonchev–Trinajstić information content (AvgIpc) is 2.96. The molecule has 1 aromatic rings. The minimum Gasteiger partial charge on any atom is -0.492 e. The van der Waals surface area contributed by atoms with Gasteiger partial charge in [-0.2, -0.15) is 0 Å². The van der Waals surface area contributed by atoms with Crippen molar-refractivity contribution in [1.29, 1.82) is 0 Å². The maximum absolute atomic E-state index is 11.3. The number of aromatic hydroxyl groups is 1. The van der Waals surface area contributed by atoms with Crippen molar-refractivity contribution in [3.63, 3.8) is 0 Å². The molecule has 5 N–H and O–H groups in total. The van der Waals surface area contributed by atoms with Gasteiger partial charge >= 0.3 is 5.97 Å². The molecule has 1 aromatic heterocycles. The summed E-state index contributed by atoms with van der Waals surface area (Å²) in [6.45, 7) is -0.508. The Bertz CT molecular complexity index is 1100. The van der Waals surface area contributed by atoms with Gasteiger partial charge in [-0.05, 0) is 12.1 Å². The first-order valence-electron chi connectivity index (χ1n) is 8.16. The fourth-order valence-electron chi connectivity index (χ4n) is 2.99. The zero-order valence-electron chi connectivity index (χ0n) is 14.1. The molecular formula is C16H15N5O7. The first-order valence-corrected chi connectivity index (χ1v) is 8.16. The molecule has 1 fully saturated rings. The molecule has 0 aromatic carbocycles. The summed E-state index contributed by atoms with van der Waals surface area (Å²) in [5.74, 6) is -1.41. The second-order valence-electron chi connectivity index (χ2n) is 6.14. The first-order chi connectivity index (χ1) is 13.4. The third-order valence-corrected chi connectivity index (χ3v) is 4.42. The number of aromatic nitrogens is 4. The van der Waals surface area contributed by atoms with Crippen LogP contribution in [0.1, 0.15) is 10.4 Å². The number of hydrogen-bond acceptors (Lipinski definition) is 10. The third kappa shape index (κ3) is 2.84. The highest BCUT2D eigenvalue weighted by Crippen LogP contribution is 2.25. The number of nitrogens with zero attached hydrogens (tertiary/aromatic N) is 5. The van der Waals surface area contributed by atoms with Gasteiger partial charge in [0.05, 0.1) is 12.2 Å². The van der Waals surface area contributed by atoms with Gasteiger partial charge in [0.2, 0.25) is 5.88 Å². The van der Waals surface area contributed by atoms with Crippen molar-refractivity contribution in [2.24, 2.45) is 4.99 Å². The lowest BCUT2D eigenvalue weighted by Crippen LogP contribution is -2.34. The number of rotatable bonds is 3. The Morgan fingerprint density at radius 2 is 2.04 bits per heavy atom. The Labute approximate surface area is 156 Å². The van der Waals surface area contributed by atoms with E-state index < -0.39 is 43.0 Å². The summed E-state index contributed by atoms with van der Waals surface area (Å²) in [5.41, 5.74) is 0.156. The molecule has 0 spiro atoms. The summed E-state index contributed by atoms with van der Waals surface area (Å²) < 4.78 is 6.64. The highest BCUT2D eigenvalue weighted by atomic mass is 16.6. The number of aliphatic hydroxyl groups excluding tert-OH is 3. The number of ether oxygens (including phenoxy) is 1. The molecule has 0 bridgehead atoms. The van der Waals surface area contributed by atoms with Crippen molar-refractivity contribution in [2.75, 3.05) is 6.61 Å². The molecule has 12 nitrogen and oxygen atoms in total. The number of carbonyl (C=O) groups is 1. The number of pyridine rings is 1. The largest absolute Gasteiger partial charge is 0.492 e. The predicted molar refractivity (Wildman–Crippen MR) is 89.4 cm³/mol. The lowest BCUT2D eigenvalue weighted by atomic mass is 10.1. The van der Waals surface area contributed by atoms with Gasteiger partial charge in [-0.25, -0.2) is 24.7 Å². The van der Waals surface area contributed by atoms with Gasteiger partial charge in [0.25, 0.3) is 0 Å². The Balaban J connectivity index is 1.90. The number of carboxylic acids is 1. The minimum absolute atomic E-state index is 0.0257. The van der Waals surface area contributed by atoms with Gasteiger partial charge in [0.15, 0.2) is 23.2 Å². The molecule has 4 atom stereocenters. The molecule has 0 aliphatic carbocycles. The molecule has 1 unspecified atom stereocenters. The fraction of sp³-hybridized carbons (Fsp3) is 0.312. The van der Waals surface area contributed by atoms with E-state index in [0.29, 0.717) is 0 Å². The van der Waals surface area contributed by atoms with Crippen LogP contribution in [0, 0.1) is 0 Å². The summed E-state index contributed by atoms with van der Waals surface area (Å²) in [6.07, 6.45) is -2.54. The van der Waals surface area contributed by atoms with Gasteiger partial charge in [0.1, 0.15) is 30.2 Å². The van der Waals surface area contributed by atoms with Crippen molar-refractivity contribution in [2.45, 2.75) is 24.5 Å². The van der Waals surface area contributed by atoms with Crippen molar-refractivity contribution >= 4 is 11.5 Å². The van der Waals surface area contributed by atoms with Crippen LogP contribution in [-0.4, -0.2) is 82.0 Å². The number of aliphatic hydroxyl groups is 3. The number of aromatic carboxylic acids is 1. The summed E-state index contributed by atoms with van der Waals surface area (Å²) in [5, 5.41) is 48.5. The maximum atomic E-state index is 11.3. The van der Waals surface area contributed by atoms with E-state index in [9.17, 15) is 30.3 Å². The van der Waals surface area contributed by atoms with Crippen LogP contribution in [0.25, 0.3) is 17.0 Å². The molecule has 0 radical (unpaired) electrons. The Kier molecular flexibility index (Phi) is 4.39. The van der Waals surface area contributed by atoms with Gasteiger partial charge in [-0.15, -0.1) is 0 Å². The lowest BCUT2D eigenvalue weighted by molar-refractivity contribution is -0.0204. The molecule has 0 amide bonds. The van der Waals surface area contributed by atoms with E-state index in [1.165, 1.54) is 22.7 Å². The smallest absolute Gasteiger partial charge is 0.337 e. The highest BCUT2D eigenvalue weighted by Gasteiger charge is 2.42. The van der Waals surface area contributed by atoms with Gasteiger partial charge in [0, 0.05) is 6.20 Å². The van der Waals surface area contributed by atoms with E-state index in [1.807, 2.05) is 0 Å². The average molecular weight is 389 g/mol. The van der Waals surface area contributed by atoms with Gasteiger partial charge < -0.3 is 30.3 Å². The Morgan fingerprint density at radius 3 is 2.71 bits per heavy atom. The van der Waals surface area contributed by atoms with Gasteiger partial charge in [-0.1, -0.05) is 0 Å². The first kappa shape index (κ1) is 18.2. The summed E-state index contributed by atoms with van der Waals surface area (Å²) >= 11 is 0. The van der Waals surface area contributed by atoms with E-state index in [-0.39, 0.29) is 28.1 Å². The van der Waals surface area contributed by atoms with E-state index >= 15 is 0 Å². The monoisotopic (exact) mass is 389 g/mol. The zero-order valence-corrected chi connectivity index (χ0v) is 14.1. The molecule has 3 aliphatic heterocycles. The second kappa shape index (κ2) is 6.76. The fourth-order valence-corrected chi connectivity index (χ4v) is 2.99. The third-order valence-electron chi connectivity index (χ3n) is 4.42. The van der Waals surface area contributed by atoms with Gasteiger partial charge in [-0.3, -0.25) is 4.40 Å². The quantitative estimate of drug-likeness (QED) is 0.313. The molecule has 4 heterocycles. The summed E-state index contributed by atoms with van der Waals surface area (Å²) in [7, 11) is 0. The van der Waals surface area contributed by atoms with Crippen LogP contribution >= 0.6 is 0 Å². The van der Waals surface area contributed by atoms with Crippen molar-refractivity contribution < 1.29 is 35.1 Å². The number of fused-ring (bicyclic) bond motifs is 3. The molecule has 0 saturated carbocycles. The van der Waals surface area contributed by atoms with Crippen LogP contribution in [0.15, 0.2) is 29.6 Å². The lowest BCUT2D eigenvalue weighted by Gasteiger charge is -2.13. The Morgan fingerprint density at radius 1 is 1.25 bits per heavy atom. The van der Waals surface area contributed by atoms with Crippen molar-refractivity contribution in [3.05, 3.63) is 35.7 Å². The van der Waals surface area contributed by atoms with Crippen LogP contribution < -0.4 is 5.49 Å². The molecule has 12 heteroatoms. The molecular weight excluding hydrogens is 374 g/mol. The maximum Gasteiger partial charge on any atom is 0.337 e. The van der Waals surface area contributed by atoms with Crippen LogP contribution in [0.2, 0.25) is 0 Å². The standard InChI is InChI=1S/C16H15N5O7/c22-4-8-10(23)11(24)15(28-8)20-12-9-13(18-5-17-12)21-3-6(16(26)27)1-2-7(21)14(25)19-9/h1-3,5,8,10-11,15,22-25H,4H2,(H,26,27)/b20-12-/t8-,10-,11-,15?/m1/s1. The normalized spacial score (nSPS) is 25.6. The van der Waals surface area contributed by atoms with Crippen LogP contribution in [0.4, 0.5) is 0 Å².